The minimum Gasteiger partial charge on any atom is -0.491 e. The average molecular weight is 386 g/mol. The van der Waals surface area contributed by atoms with Gasteiger partial charge in [-0.15, -0.1) is 0 Å². The van der Waals surface area contributed by atoms with E-state index < -0.39 is 0 Å². The first-order valence-corrected chi connectivity index (χ1v) is 9.71. The van der Waals surface area contributed by atoms with Crippen LogP contribution in [0.3, 0.4) is 0 Å². The lowest BCUT2D eigenvalue weighted by Gasteiger charge is -2.31. The van der Waals surface area contributed by atoms with Crippen LogP contribution in [-0.4, -0.2) is 28.3 Å². The molecular weight excluding hydrogens is 354 g/mol. The molecule has 0 aliphatic carbocycles. The molecule has 1 aromatic carbocycles. The molecule has 6 heteroatoms. The summed E-state index contributed by atoms with van der Waals surface area (Å²) in [5.41, 5.74) is 1.93. The van der Waals surface area contributed by atoms with Crippen LogP contribution in [-0.2, 0) is 6.54 Å². The Morgan fingerprint density at radius 3 is 2.39 bits per heavy atom. The largest absolute Gasteiger partial charge is 0.491 e. The summed E-state index contributed by atoms with van der Waals surface area (Å²) >= 11 is 0. The summed E-state index contributed by atoms with van der Waals surface area (Å²) in [4.78, 5) is 24.6. The van der Waals surface area contributed by atoms with Crippen LogP contribution < -0.4 is 15.6 Å². The van der Waals surface area contributed by atoms with Crippen LogP contribution in [0.25, 0.3) is 0 Å². The monoisotopic (exact) mass is 385 g/mol. The lowest BCUT2D eigenvalue weighted by Crippen LogP contribution is -2.48. The number of carbonyl (C=O) groups is 1. The number of hydrogen-bond donors (Lipinski definition) is 1. The number of aryl methyl sites for hydroxylation is 3. The molecule has 6 nitrogen and oxygen atoms in total. The van der Waals surface area contributed by atoms with Crippen LogP contribution in [0.2, 0.25) is 0 Å². The van der Waals surface area contributed by atoms with Crippen molar-refractivity contribution in [2.45, 2.75) is 60.5 Å². The number of rotatable bonds is 7. The predicted octanol–water partition coefficient (Wildman–Crippen LogP) is 3.49. The van der Waals surface area contributed by atoms with E-state index >= 15 is 0 Å². The molecule has 0 saturated heterocycles. The average Bonchev–Trinajstić information content (AvgIpc) is 2.61. The van der Waals surface area contributed by atoms with Gasteiger partial charge in [-0.25, -0.2) is 4.68 Å². The van der Waals surface area contributed by atoms with Crippen LogP contribution in [0.1, 0.15) is 55.7 Å². The Balaban J connectivity index is 2.17. The summed E-state index contributed by atoms with van der Waals surface area (Å²) in [5.74, 6) is 0.538. The smallest absolute Gasteiger partial charge is 0.272 e. The van der Waals surface area contributed by atoms with Gasteiger partial charge in [-0.2, -0.15) is 5.10 Å². The van der Waals surface area contributed by atoms with Crippen molar-refractivity contribution in [3.8, 4) is 5.75 Å². The molecule has 28 heavy (non-hydrogen) atoms. The summed E-state index contributed by atoms with van der Waals surface area (Å²) in [6, 6.07) is 8.64. The molecule has 1 heterocycles. The standard InChI is InChI=1S/C22H31N3O3/c1-7-13-25-19(26)12-11-17(24-25)21(27)23-18(22(4,5)6)14-28-20-15(2)9-8-10-16(20)3/h8-12,18H,7,13-14H2,1-6H3,(H,23,27). The Kier molecular flexibility index (Phi) is 7.00. The van der Waals surface area contributed by atoms with Crippen LogP contribution in [0.4, 0.5) is 0 Å². The highest BCUT2D eigenvalue weighted by Gasteiger charge is 2.28. The van der Waals surface area contributed by atoms with Gasteiger partial charge in [-0.05, 0) is 42.9 Å². The molecule has 0 fully saturated rings. The maximum Gasteiger partial charge on any atom is 0.272 e. The number of carbonyl (C=O) groups excluding carboxylic acids is 1. The van der Waals surface area contributed by atoms with Crippen molar-refractivity contribution in [3.05, 3.63) is 57.5 Å². The lowest BCUT2D eigenvalue weighted by molar-refractivity contribution is 0.0854. The van der Waals surface area contributed by atoms with Gasteiger partial charge in [0.25, 0.3) is 11.5 Å². The summed E-state index contributed by atoms with van der Waals surface area (Å²) in [5, 5.41) is 7.22. The molecule has 0 spiro atoms. The molecule has 1 atom stereocenters. The highest BCUT2D eigenvalue weighted by molar-refractivity contribution is 5.92. The second-order valence-electron chi connectivity index (χ2n) is 8.20. The molecule has 0 radical (unpaired) electrons. The van der Waals surface area contributed by atoms with E-state index in [1.807, 2.05) is 39.0 Å². The first-order valence-electron chi connectivity index (χ1n) is 9.71. The molecule has 0 aliphatic rings. The summed E-state index contributed by atoms with van der Waals surface area (Å²) in [7, 11) is 0. The molecule has 0 bridgehead atoms. The van der Waals surface area contributed by atoms with E-state index in [4.69, 9.17) is 4.74 Å². The number of nitrogens with zero attached hydrogens (tertiary/aromatic N) is 2. The zero-order valence-corrected chi connectivity index (χ0v) is 17.7. The van der Waals surface area contributed by atoms with Crippen molar-refractivity contribution in [1.29, 1.82) is 0 Å². The Hall–Kier alpha value is -2.63. The van der Waals surface area contributed by atoms with E-state index in [-0.39, 0.29) is 28.6 Å². The lowest BCUT2D eigenvalue weighted by atomic mass is 9.87. The fraction of sp³-hybridized carbons (Fsp3) is 0.500. The summed E-state index contributed by atoms with van der Waals surface area (Å²) < 4.78 is 7.41. The van der Waals surface area contributed by atoms with Crippen LogP contribution in [0.5, 0.6) is 5.75 Å². The van der Waals surface area contributed by atoms with Gasteiger partial charge in [-0.3, -0.25) is 9.59 Å². The van der Waals surface area contributed by atoms with E-state index in [1.54, 1.807) is 0 Å². The van der Waals surface area contributed by atoms with E-state index in [9.17, 15) is 9.59 Å². The molecule has 2 rings (SSSR count). The number of aromatic nitrogens is 2. The molecule has 0 aliphatic heterocycles. The fourth-order valence-electron chi connectivity index (χ4n) is 2.88. The quantitative estimate of drug-likeness (QED) is 0.792. The normalized spacial score (nSPS) is 12.5. The molecule has 2 aromatic rings. The van der Waals surface area contributed by atoms with Crippen molar-refractivity contribution in [1.82, 2.24) is 15.1 Å². The highest BCUT2D eigenvalue weighted by atomic mass is 16.5. The minimum atomic E-state index is -0.310. The maximum atomic E-state index is 12.8. The van der Waals surface area contributed by atoms with Crippen molar-refractivity contribution < 1.29 is 9.53 Å². The zero-order chi connectivity index (χ0) is 20.9. The van der Waals surface area contributed by atoms with Crippen molar-refractivity contribution in [2.24, 2.45) is 5.41 Å². The molecule has 0 saturated carbocycles. The summed E-state index contributed by atoms with van der Waals surface area (Å²) in [6.07, 6.45) is 0.770. The van der Waals surface area contributed by atoms with E-state index in [1.165, 1.54) is 16.8 Å². The van der Waals surface area contributed by atoms with Crippen molar-refractivity contribution >= 4 is 5.91 Å². The van der Waals surface area contributed by atoms with Gasteiger partial charge >= 0.3 is 0 Å². The SMILES string of the molecule is CCCn1nc(C(=O)NC(COc2c(C)cccc2C)C(C)(C)C)ccc1=O. The third-order valence-corrected chi connectivity index (χ3v) is 4.69. The zero-order valence-electron chi connectivity index (χ0n) is 17.7. The van der Waals surface area contributed by atoms with Gasteiger partial charge in [0.2, 0.25) is 0 Å². The molecule has 1 amide bonds. The van der Waals surface area contributed by atoms with Crippen LogP contribution >= 0.6 is 0 Å². The third kappa shape index (κ3) is 5.44. The van der Waals surface area contributed by atoms with E-state index in [0.29, 0.717) is 13.2 Å². The van der Waals surface area contributed by atoms with Crippen molar-refractivity contribution in [2.75, 3.05) is 6.61 Å². The van der Waals surface area contributed by atoms with Gasteiger partial charge in [-0.1, -0.05) is 45.9 Å². The Morgan fingerprint density at radius 1 is 1.18 bits per heavy atom. The van der Waals surface area contributed by atoms with Gasteiger partial charge in [0.15, 0.2) is 0 Å². The number of nitrogens with one attached hydrogen (secondary N) is 1. The molecule has 1 unspecified atom stereocenters. The summed E-state index contributed by atoms with van der Waals surface area (Å²) in [6.45, 7) is 13.0. The fourth-order valence-corrected chi connectivity index (χ4v) is 2.88. The van der Waals surface area contributed by atoms with E-state index in [0.717, 1.165) is 23.3 Å². The first-order chi connectivity index (χ1) is 13.1. The van der Waals surface area contributed by atoms with Crippen molar-refractivity contribution in [3.63, 3.8) is 0 Å². The van der Waals surface area contributed by atoms with Gasteiger partial charge in [0.1, 0.15) is 18.1 Å². The first kappa shape index (κ1) is 21.7. The number of ether oxygens (including phenoxy) is 1. The highest BCUT2D eigenvalue weighted by Crippen LogP contribution is 2.25. The Morgan fingerprint density at radius 2 is 1.82 bits per heavy atom. The number of amides is 1. The molecular formula is C22H31N3O3. The second kappa shape index (κ2) is 9.04. The Labute approximate surface area is 166 Å². The molecule has 152 valence electrons. The van der Waals surface area contributed by atoms with E-state index in [2.05, 4.69) is 31.2 Å². The number of benzene rings is 1. The van der Waals surface area contributed by atoms with Gasteiger partial charge in [0.05, 0.1) is 6.04 Å². The Bertz CT molecular complexity index is 861. The topological polar surface area (TPSA) is 73.2 Å². The maximum absolute atomic E-state index is 12.8. The van der Waals surface area contributed by atoms with Gasteiger partial charge < -0.3 is 10.1 Å². The number of para-hydroxylation sites is 1. The van der Waals surface area contributed by atoms with Crippen LogP contribution in [0.15, 0.2) is 35.1 Å². The van der Waals surface area contributed by atoms with Gasteiger partial charge in [0, 0.05) is 12.6 Å². The third-order valence-electron chi connectivity index (χ3n) is 4.69. The predicted molar refractivity (Wildman–Crippen MR) is 111 cm³/mol. The second-order valence-corrected chi connectivity index (χ2v) is 8.20. The van der Waals surface area contributed by atoms with Crippen LogP contribution in [0, 0.1) is 19.3 Å². The minimum absolute atomic E-state index is 0.205. The number of hydrogen-bond acceptors (Lipinski definition) is 4. The molecule has 1 N–H and O–H groups in total. The molecule has 1 aromatic heterocycles.